The fourth-order valence-electron chi connectivity index (χ4n) is 3.97. The number of benzene rings is 2. The van der Waals surface area contributed by atoms with Crippen LogP contribution >= 0.6 is 11.6 Å². The molecule has 0 heterocycles. The summed E-state index contributed by atoms with van der Waals surface area (Å²) in [4.78, 5) is 27.9. The van der Waals surface area contributed by atoms with E-state index in [0.717, 1.165) is 37.0 Å². The van der Waals surface area contributed by atoms with Crippen molar-refractivity contribution in [3.05, 3.63) is 59.1 Å². The largest absolute Gasteiger partial charge is 0.497 e. The van der Waals surface area contributed by atoms with E-state index in [1.807, 2.05) is 31.2 Å². The zero-order valence-electron chi connectivity index (χ0n) is 18.7. The van der Waals surface area contributed by atoms with Crippen molar-refractivity contribution in [2.75, 3.05) is 13.7 Å². The summed E-state index contributed by atoms with van der Waals surface area (Å²) in [6.45, 7) is 2.07. The van der Waals surface area contributed by atoms with E-state index < -0.39 is 6.04 Å². The normalized spacial score (nSPS) is 14.6. The molecule has 1 N–H and O–H groups in total. The number of rotatable bonds is 10. The minimum Gasteiger partial charge on any atom is -0.497 e. The van der Waals surface area contributed by atoms with Gasteiger partial charge in [-0.3, -0.25) is 9.59 Å². The second kappa shape index (κ2) is 11.8. The van der Waals surface area contributed by atoms with Crippen molar-refractivity contribution in [1.82, 2.24) is 10.2 Å². The lowest BCUT2D eigenvalue weighted by Gasteiger charge is -2.31. The summed E-state index contributed by atoms with van der Waals surface area (Å²) < 4.78 is 10.9. The monoisotopic (exact) mass is 458 g/mol. The Labute approximate surface area is 194 Å². The number of halogens is 1. The second-order valence-corrected chi connectivity index (χ2v) is 8.46. The van der Waals surface area contributed by atoms with E-state index in [4.69, 9.17) is 21.1 Å². The van der Waals surface area contributed by atoms with Crippen molar-refractivity contribution in [3.8, 4) is 11.5 Å². The molecule has 7 heteroatoms. The maximum absolute atomic E-state index is 13.2. The minimum atomic E-state index is -0.570. The third-order valence-corrected chi connectivity index (χ3v) is 6.03. The van der Waals surface area contributed by atoms with Crippen LogP contribution in [0, 0.1) is 0 Å². The van der Waals surface area contributed by atoms with Gasteiger partial charge in [-0.1, -0.05) is 43.5 Å². The van der Waals surface area contributed by atoms with Gasteiger partial charge >= 0.3 is 0 Å². The van der Waals surface area contributed by atoms with Gasteiger partial charge in [0.1, 0.15) is 17.5 Å². The molecule has 1 fully saturated rings. The third-order valence-electron chi connectivity index (χ3n) is 5.78. The van der Waals surface area contributed by atoms with Crippen molar-refractivity contribution < 1.29 is 19.1 Å². The topological polar surface area (TPSA) is 67.9 Å². The molecule has 172 valence electrons. The first-order valence-corrected chi connectivity index (χ1v) is 11.5. The molecule has 3 rings (SSSR count). The summed E-state index contributed by atoms with van der Waals surface area (Å²) in [7, 11) is 1.61. The molecule has 6 nitrogen and oxygen atoms in total. The molecule has 1 unspecified atom stereocenters. The van der Waals surface area contributed by atoms with Crippen LogP contribution in [0.2, 0.25) is 5.02 Å². The number of nitrogens with one attached hydrogen (secondary N) is 1. The highest BCUT2D eigenvalue weighted by molar-refractivity contribution is 6.30. The Kier molecular flexibility index (Phi) is 8.80. The summed E-state index contributed by atoms with van der Waals surface area (Å²) in [5, 5.41) is 3.74. The number of carbonyl (C=O) groups is 2. The molecule has 0 aliphatic heterocycles. The van der Waals surface area contributed by atoms with E-state index in [0.29, 0.717) is 23.7 Å². The van der Waals surface area contributed by atoms with Crippen LogP contribution in [0.5, 0.6) is 11.5 Å². The predicted molar refractivity (Wildman–Crippen MR) is 125 cm³/mol. The summed E-state index contributed by atoms with van der Waals surface area (Å²) in [6.07, 6.45) is 4.76. The molecule has 1 saturated carbocycles. The molecular weight excluding hydrogens is 428 g/mol. The van der Waals surface area contributed by atoms with E-state index in [9.17, 15) is 9.59 Å². The SMILES string of the molecule is CCC(C(=O)NC1CCCC1)N(Cc1ccc(OC)cc1)C(=O)COc1ccc(Cl)cc1. The van der Waals surface area contributed by atoms with Crippen molar-refractivity contribution in [1.29, 1.82) is 0 Å². The van der Waals surface area contributed by atoms with Gasteiger partial charge in [-0.25, -0.2) is 0 Å². The van der Waals surface area contributed by atoms with Crippen molar-refractivity contribution >= 4 is 23.4 Å². The fraction of sp³-hybridized carbons (Fsp3) is 0.440. The lowest BCUT2D eigenvalue weighted by atomic mass is 10.1. The van der Waals surface area contributed by atoms with Crippen LogP contribution < -0.4 is 14.8 Å². The molecule has 1 aliphatic rings. The third kappa shape index (κ3) is 6.63. The quantitative estimate of drug-likeness (QED) is 0.565. The lowest BCUT2D eigenvalue weighted by molar-refractivity contribution is -0.143. The zero-order chi connectivity index (χ0) is 22.9. The first-order valence-electron chi connectivity index (χ1n) is 11.1. The first kappa shape index (κ1) is 23.9. The Bertz CT molecular complexity index is 880. The molecule has 2 amide bonds. The summed E-state index contributed by atoms with van der Waals surface area (Å²) in [5.41, 5.74) is 0.915. The molecule has 0 spiro atoms. The van der Waals surface area contributed by atoms with Gasteiger partial charge in [0, 0.05) is 17.6 Å². The van der Waals surface area contributed by atoms with Crippen molar-refractivity contribution in [2.45, 2.75) is 57.7 Å². The second-order valence-electron chi connectivity index (χ2n) is 8.03. The Morgan fingerprint density at radius 2 is 1.69 bits per heavy atom. The maximum atomic E-state index is 13.2. The van der Waals surface area contributed by atoms with Crippen LogP contribution in [0.15, 0.2) is 48.5 Å². The standard InChI is InChI=1S/C25H31ClN2O4/c1-3-23(25(30)27-20-6-4-5-7-20)28(16-18-8-12-21(31-2)13-9-18)24(29)17-32-22-14-10-19(26)11-15-22/h8-15,20,23H,3-7,16-17H2,1-2H3,(H,27,30). The molecule has 0 saturated heterocycles. The van der Waals surface area contributed by atoms with E-state index in [2.05, 4.69) is 5.32 Å². The highest BCUT2D eigenvalue weighted by atomic mass is 35.5. The average molecular weight is 459 g/mol. The molecule has 2 aromatic rings. The maximum Gasteiger partial charge on any atom is 0.261 e. The average Bonchev–Trinajstić information content (AvgIpc) is 3.31. The van der Waals surface area contributed by atoms with Crippen LogP contribution in [-0.2, 0) is 16.1 Å². The van der Waals surface area contributed by atoms with Crippen molar-refractivity contribution in [3.63, 3.8) is 0 Å². The van der Waals surface area contributed by atoms with Gasteiger partial charge in [0.25, 0.3) is 5.91 Å². The van der Waals surface area contributed by atoms with Gasteiger partial charge in [0.15, 0.2) is 6.61 Å². The molecular formula is C25H31ClN2O4. The molecule has 0 bridgehead atoms. The molecule has 0 aromatic heterocycles. The van der Waals surface area contributed by atoms with E-state index in [1.165, 1.54) is 0 Å². The van der Waals surface area contributed by atoms with Gasteiger partial charge in [-0.15, -0.1) is 0 Å². The number of nitrogens with zero attached hydrogens (tertiary/aromatic N) is 1. The number of carbonyl (C=O) groups excluding carboxylic acids is 2. The van der Waals surface area contributed by atoms with E-state index >= 15 is 0 Å². The molecule has 1 atom stereocenters. The van der Waals surface area contributed by atoms with Gasteiger partial charge in [0.05, 0.1) is 7.11 Å². The van der Waals surface area contributed by atoms with Gasteiger partial charge < -0.3 is 19.7 Å². The molecule has 1 aliphatic carbocycles. The zero-order valence-corrected chi connectivity index (χ0v) is 19.4. The van der Waals surface area contributed by atoms with Crippen LogP contribution in [0.1, 0.15) is 44.6 Å². The lowest BCUT2D eigenvalue weighted by Crippen LogP contribution is -2.52. The number of methoxy groups -OCH3 is 1. The van der Waals surface area contributed by atoms with Gasteiger partial charge in [-0.05, 0) is 61.2 Å². The smallest absolute Gasteiger partial charge is 0.261 e. The summed E-state index contributed by atoms with van der Waals surface area (Å²) in [6, 6.07) is 14.0. The molecule has 32 heavy (non-hydrogen) atoms. The Hall–Kier alpha value is -2.73. The van der Waals surface area contributed by atoms with Crippen LogP contribution in [0.25, 0.3) is 0 Å². The summed E-state index contributed by atoms with van der Waals surface area (Å²) >= 11 is 5.92. The minimum absolute atomic E-state index is 0.104. The first-order chi connectivity index (χ1) is 15.5. The highest BCUT2D eigenvalue weighted by Crippen LogP contribution is 2.21. The molecule has 2 aromatic carbocycles. The van der Waals surface area contributed by atoms with Crippen molar-refractivity contribution in [2.24, 2.45) is 0 Å². The fourth-order valence-corrected chi connectivity index (χ4v) is 4.10. The van der Waals surface area contributed by atoms with Crippen LogP contribution in [0.4, 0.5) is 0 Å². The van der Waals surface area contributed by atoms with Gasteiger partial charge in [0.2, 0.25) is 5.91 Å². The number of ether oxygens (including phenoxy) is 2. The van der Waals surface area contributed by atoms with E-state index in [1.54, 1.807) is 36.3 Å². The highest BCUT2D eigenvalue weighted by Gasteiger charge is 2.30. The Morgan fingerprint density at radius 3 is 2.28 bits per heavy atom. The van der Waals surface area contributed by atoms with Crippen LogP contribution in [0.3, 0.4) is 0 Å². The Morgan fingerprint density at radius 1 is 1.06 bits per heavy atom. The van der Waals surface area contributed by atoms with Crippen LogP contribution in [-0.4, -0.2) is 42.5 Å². The summed E-state index contributed by atoms with van der Waals surface area (Å²) in [5.74, 6) is 0.941. The number of hydrogen-bond donors (Lipinski definition) is 1. The van der Waals surface area contributed by atoms with Gasteiger partial charge in [-0.2, -0.15) is 0 Å². The van der Waals surface area contributed by atoms with E-state index in [-0.39, 0.29) is 24.5 Å². The number of hydrogen-bond acceptors (Lipinski definition) is 4. The predicted octanol–water partition coefficient (Wildman–Crippen LogP) is 4.59. The molecule has 0 radical (unpaired) electrons. The number of amides is 2. The Balaban J connectivity index is 1.74.